The average Bonchev–Trinajstić information content (AvgIpc) is 3.29. The summed E-state index contributed by atoms with van der Waals surface area (Å²) < 4.78 is 2.15. The summed E-state index contributed by atoms with van der Waals surface area (Å²) in [6.07, 6.45) is 6.18. The average molecular weight is 636 g/mol. The maximum atomic E-state index is 5.29. The Bertz CT molecular complexity index is 2360. The molecule has 1 N–H and O–H groups in total. The summed E-state index contributed by atoms with van der Waals surface area (Å²) in [4.78, 5) is 16.5. The van der Waals surface area contributed by atoms with Gasteiger partial charge < -0.3 is 5.32 Å². The van der Waals surface area contributed by atoms with Crippen LogP contribution < -0.4 is 5.32 Å². The molecule has 9 rings (SSSR count). The number of nitrogens with one attached hydrogen (secondary N) is 1. The Balaban J connectivity index is 1.26. The van der Waals surface area contributed by atoms with E-state index >= 15 is 0 Å². The van der Waals surface area contributed by atoms with Crippen LogP contribution in [0.15, 0.2) is 178 Å². The van der Waals surface area contributed by atoms with Gasteiger partial charge in [-0.25, -0.2) is 15.0 Å². The smallest absolute Gasteiger partial charge is 0.160 e. The molecule has 0 amide bonds. The molecule has 1 atom stereocenters. The second kappa shape index (κ2) is 11.7. The Morgan fingerprint density at radius 3 is 1.94 bits per heavy atom. The molecule has 0 aromatic heterocycles. The summed E-state index contributed by atoms with van der Waals surface area (Å²) in [7, 11) is 0. The lowest BCUT2D eigenvalue weighted by molar-refractivity contribution is 0.674. The summed E-state index contributed by atoms with van der Waals surface area (Å²) in [5, 5.41) is 8.09. The molecule has 0 fully saturated rings. The fraction of sp³-hybridized carbons (Fsp3) is 0.0238. The van der Waals surface area contributed by atoms with Gasteiger partial charge in [0.1, 0.15) is 17.8 Å². The van der Waals surface area contributed by atoms with Gasteiger partial charge in [0.2, 0.25) is 0 Å². The van der Waals surface area contributed by atoms with Gasteiger partial charge in [-0.05, 0) is 62.8 Å². The third kappa shape index (κ3) is 4.86. The third-order valence-corrected chi connectivity index (χ3v) is 9.93. The summed E-state index contributed by atoms with van der Waals surface area (Å²) in [6, 6.07) is 46.2. The van der Waals surface area contributed by atoms with E-state index in [9.17, 15) is 0 Å². The van der Waals surface area contributed by atoms with Crippen LogP contribution in [0.3, 0.4) is 0 Å². The Labute approximate surface area is 283 Å². The zero-order valence-corrected chi connectivity index (χ0v) is 26.7. The third-order valence-electron chi connectivity index (χ3n) is 8.89. The van der Waals surface area contributed by atoms with Crippen molar-refractivity contribution in [2.45, 2.75) is 11.1 Å². The summed E-state index contributed by atoms with van der Waals surface area (Å²) in [5.74, 6) is 2.37. The number of nitrogens with zero attached hydrogens (tertiary/aromatic N) is 4. The van der Waals surface area contributed by atoms with E-state index in [1.807, 2.05) is 30.3 Å². The summed E-state index contributed by atoms with van der Waals surface area (Å²) in [6.45, 7) is 4.26. The molecule has 0 aliphatic carbocycles. The van der Waals surface area contributed by atoms with Crippen LogP contribution in [-0.4, -0.2) is 21.8 Å². The molecule has 0 spiro atoms. The van der Waals surface area contributed by atoms with Crippen LogP contribution in [0.5, 0.6) is 0 Å². The van der Waals surface area contributed by atoms with Crippen LogP contribution in [0.25, 0.3) is 32.8 Å². The highest BCUT2D eigenvalue weighted by Gasteiger charge is 2.27. The normalized spacial score (nSPS) is 17.0. The lowest BCUT2D eigenvalue weighted by Crippen LogP contribution is -2.33. The first-order chi connectivity index (χ1) is 23.7. The highest BCUT2D eigenvalue weighted by molar-refractivity contribution is 7.97. The highest BCUT2D eigenvalue weighted by Crippen LogP contribution is 2.42. The summed E-state index contributed by atoms with van der Waals surface area (Å²) >= 11 is 1.67. The van der Waals surface area contributed by atoms with Crippen molar-refractivity contribution in [3.05, 3.63) is 186 Å². The van der Waals surface area contributed by atoms with Crippen molar-refractivity contribution in [1.29, 1.82) is 0 Å². The predicted octanol–water partition coefficient (Wildman–Crippen LogP) is 9.79. The quantitative estimate of drug-likeness (QED) is 0.155. The minimum absolute atomic E-state index is 0.287. The Morgan fingerprint density at radius 2 is 1.23 bits per heavy atom. The van der Waals surface area contributed by atoms with Crippen LogP contribution >= 0.6 is 11.9 Å². The van der Waals surface area contributed by atoms with E-state index in [1.54, 1.807) is 11.9 Å². The molecule has 228 valence electrons. The maximum Gasteiger partial charge on any atom is 0.160 e. The van der Waals surface area contributed by atoms with Gasteiger partial charge in [-0.1, -0.05) is 134 Å². The van der Waals surface area contributed by atoms with Gasteiger partial charge in [-0.2, -0.15) is 0 Å². The lowest BCUT2D eigenvalue weighted by Gasteiger charge is -2.26. The van der Waals surface area contributed by atoms with Gasteiger partial charge in [0.25, 0.3) is 0 Å². The van der Waals surface area contributed by atoms with Crippen LogP contribution in [0.2, 0.25) is 0 Å². The lowest BCUT2D eigenvalue weighted by atomic mass is 9.87. The van der Waals surface area contributed by atoms with E-state index < -0.39 is 0 Å². The minimum atomic E-state index is -0.287. The van der Waals surface area contributed by atoms with Gasteiger partial charge in [-0.3, -0.25) is 4.31 Å². The predicted molar refractivity (Wildman–Crippen MR) is 201 cm³/mol. The van der Waals surface area contributed by atoms with Crippen LogP contribution in [0.1, 0.15) is 34.0 Å². The van der Waals surface area contributed by atoms with E-state index in [1.165, 1.54) is 5.56 Å². The zero-order valence-electron chi connectivity index (χ0n) is 25.9. The van der Waals surface area contributed by atoms with Crippen molar-refractivity contribution < 1.29 is 0 Å². The molecule has 0 saturated carbocycles. The van der Waals surface area contributed by atoms with Crippen molar-refractivity contribution in [2.75, 3.05) is 0 Å². The molecule has 6 aromatic carbocycles. The number of hydrogen-bond acceptors (Lipinski definition) is 6. The fourth-order valence-electron chi connectivity index (χ4n) is 6.66. The Hall–Kier alpha value is -5.98. The Kier molecular flexibility index (Phi) is 6.87. The molecule has 48 heavy (non-hydrogen) atoms. The number of amidine groups is 3. The number of rotatable bonds is 4. The molecule has 0 saturated heterocycles. The van der Waals surface area contributed by atoms with Gasteiger partial charge in [0.15, 0.2) is 5.84 Å². The van der Waals surface area contributed by atoms with Crippen molar-refractivity contribution in [3.8, 4) is 0 Å². The van der Waals surface area contributed by atoms with E-state index in [4.69, 9.17) is 15.0 Å². The van der Waals surface area contributed by atoms with E-state index in [2.05, 4.69) is 138 Å². The molecule has 5 nitrogen and oxygen atoms in total. The first-order valence-corrected chi connectivity index (χ1v) is 16.7. The highest BCUT2D eigenvalue weighted by atomic mass is 32.2. The van der Waals surface area contributed by atoms with E-state index in [-0.39, 0.29) is 6.17 Å². The second-order valence-electron chi connectivity index (χ2n) is 11.8. The maximum absolute atomic E-state index is 5.29. The topological polar surface area (TPSA) is 52.4 Å². The summed E-state index contributed by atoms with van der Waals surface area (Å²) in [5.41, 5.74) is 7.22. The van der Waals surface area contributed by atoms with Gasteiger partial charge >= 0.3 is 0 Å². The van der Waals surface area contributed by atoms with Crippen molar-refractivity contribution in [1.82, 2.24) is 9.62 Å². The van der Waals surface area contributed by atoms with Gasteiger partial charge in [0, 0.05) is 33.4 Å². The van der Waals surface area contributed by atoms with Crippen LogP contribution in [0.4, 0.5) is 0 Å². The van der Waals surface area contributed by atoms with E-state index in [0.717, 1.165) is 71.6 Å². The van der Waals surface area contributed by atoms with Gasteiger partial charge in [-0.15, -0.1) is 0 Å². The molecule has 0 radical (unpaired) electrons. The van der Waals surface area contributed by atoms with Crippen LogP contribution in [-0.2, 0) is 0 Å². The molecule has 3 aliphatic heterocycles. The molecule has 6 heteroatoms. The van der Waals surface area contributed by atoms with Crippen molar-refractivity contribution in [2.24, 2.45) is 15.0 Å². The molecule has 6 aromatic rings. The fourth-order valence-corrected chi connectivity index (χ4v) is 7.66. The number of fused-ring (bicyclic) bond motifs is 4. The molecule has 0 bridgehead atoms. The van der Waals surface area contributed by atoms with Crippen molar-refractivity contribution >= 4 is 62.3 Å². The standard InChI is InChI=1S/C42H29N5S/c1-27-31-18-12-13-23-36(31)48-47-26-30(24-25-37(47)43-27)38-32-19-8-10-21-34(32)39(35-22-11-9-20-33(35)38)42-45-40(28-14-4-2-5-15-28)44-41(46-42)29-16-6-3-7-17-29/h2-26,40H,1H2,(H,44,45,46). The van der Waals surface area contributed by atoms with Crippen molar-refractivity contribution in [3.63, 3.8) is 0 Å². The molecule has 3 heterocycles. The number of allylic oxidation sites excluding steroid dienone is 2. The first kappa shape index (κ1) is 28.3. The minimum Gasteiger partial charge on any atom is -0.344 e. The van der Waals surface area contributed by atoms with Gasteiger partial charge in [0.05, 0.1) is 5.70 Å². The van der Waals surface area contributed by atoms with E-state index in [0.29, 0.717) is 5.84 Å². The number of benzene rings is 6. The first-order valence-electron chi connectivity index (χ1n) is 15.9. The number of aliphatic imine (C=N–C) groups is 3. The van der Waals surface area contributed by atoms with Crippen LogP contribution in [0, 0.1) is 0 Å². The molecule has 3 aliphatic rings. The SMILES string of the molecule is C=C1N=C2C=CC(c3c4ccccc4c(C4=NC(c5ccccc5)NC(c5ccccc5)=N4)c4ccccc34)=CN2Sc2ccccc21. The monoisotopic (exact) mass is 635 g/mol. The largest absolute Gasteiger partial charge is 0.344 e. The molecular formula is C42H29N5S. The number of hydrogen-bond donors (Lipinski definition) is 1. The second-order valence-corrected chi connectivity index (χ2v) is 12.8. The molecular weight excluding hydrogens is 607 g/mol. The zero-order chi connectivity index (χ0) is 32.0. The molecule has 1 unspecified atom stereocenters. The Morgan fingerprint density at radius 1 is 0.625 bits per heavy atom.